The first-order chi connectivity index (χ1) is 8.38. The van der Waals surface area contributed by atoms with Crippen LogP contribution in [0.4, 0.5) is 0 Å². The van der Waals surface area contributed by atoms with Gasteiger partial charge in [-0.15, -0.1) is 0 Å². The van der Waals surface area contributed by atoms with E-state index in [1.807, 2.05) is 12.1 Å². The molecule has 94 valence electrons. The molecule has 3 heteroatoms. The molecule has 1 aromatic carbocycles. The van der Waals surface area contributed by atoms with Gasteiger partial charge in [0.15, 0.2) is 0 Å². The van der Waals surface area contributed by atoms with E-state index in [9.17, 15) is 0 Å². The molecule has 1 aliphatic rings. The maximum absolute atomic E-state index is 8.76. The van der Waals surface area contributed by atoms with E-state index in [1.165, 1.54) is 5.56 Å². The van der Waals surface area contributed by atoms with Gasteiger partial charge in [-0.3, -0.25) is 0 Å². The summed E-state index contributed by atoms with van der Waals surface area (Å²) in [6.07, 6.45) is 4.00. The SMILES string of the molecule is OCCCc1ccc(OC2CCOCC2)cc1. The molecular formula is C14H20O3. The molecule has 0 aromatic heterocycles. The molecule has 3 nitrogen and oxygen atoms in total. The van der Waals surface area contributed by atoms with Crippen LogP contribution in [0.2, 0.25) is 0 Å². The molecule has 2 rings (SSSR count). The molecular weight excluding hydrogens is 216 g/mol. The van der Waals surface area contributed by atoms with Crippen LogP contribution in [0.15, 0.2) is 24.3 Å². The van der Waals surface area contributed by atoms with Crippen molar-refractivity contribution in [2.75, 3.05) is 19.8 Å². The second-order valence-electron chi connectivity index (χ2n) is 4.40. The molecule has 0 aliphatic carbocycles. The highest BCUT2D eigenvalue weighted by Crippen LogP contribution is 2.18. The summed E-state index contributed by atoms with van der Waals surface area (Å²) in [6.45, 7) is 1.86. The fraction of sp³-hybridized carbons (Fsp3) is 0.571. The Hall–Kier alpha value is -1.06. The van der Waals surface area contributed by atoms with E-state index in [-0.39, 0.29) is 6.61 Å². The summed E-state index contributed by atoms with van der Waals surface area (Å²) in [4.78, 5) is 0. The van der Waals surface area contributed by atoms with E-state index in [1.54, 1.807) is 0 Å². The molecule has 1 aromatic rings. The van der Waals surface area contributed by atoms with Crippen LogP contribution in [-0.4, -0.2) is 31.0 Å². The Morgan fingerprint density at radius 3 is 2.53 bits per heavy atom. The minimum absolute atomic E-state index is 0.250. The Kier molecular flexibility index (Phi) is 4.83. The van der Waals surface area contributed by atoms with Gasteiger partial charge in [-0.05, 0) is 30.5 Å². The average molecular weight is 236 g/mol. The summed E-state index contributed by atoms with van der Waals surface area (Å²) in [5.41, 5.74) is 1.25. The molecule has 1 fully saturated rings. The Morgan fingerprint density at radius 2 is 1.88 bits per heavy atom. The van der Waals surface area contributed by atoms with Crippen molar-refractivity contribution in [3.05, 3.63) is 29.8 Å². The minimum atomic E-state index is 0.250. The highest BCUT2D eigenvalue weighted by Gasteiger charge is 2.14. The number of hydrogen-bond donors (Lipinski definition) is 1. The molecule has 0 unspecified atom stereocenters. The van der Waals surface area contributed by atoms with E-state index in [4.69, 9.17) is 14.6 Å². The molecule has 17 heavy (non-hydrogen) atoms. The average Bonchev–Trinajstić information content (AvgIpc) is 2.39. The monoisotopic (exact) mass is 236 g/mol. The van der Waals surface area contributed by atoms with E-state index in [0.29, 0.717) is 6.10 Å². The van der Waals surface area contributed by atoms with Gasteiger partial charge in [0, 0.05) is 19.4 Å². The summed E-state index contributed by atoms with van der Waals surface area (Å²) >= 11 is 0. The van der Waals surface area contributed by atoms with Crippen molar-refractivity contribution < 1.29 is 14.6 Å². The fourth-order valence-corrected chi connectivity index (χ4v) is 2.00. The first kappa shape index (κ1) is 12.4. The zero-order chi connectivity index (χ0) is 11.9. The lowest BCUT2D eigenvalue weighted by Crippen LogP contribution is -2.25. The summed E-state index contributed by atoms with van der Waals surface area (Å²) in [6, 6.07) is 8.18. The third kappa shape index (κ3) is 4.02. The van der Waals surface area contributed by atoms with Crippen molar-refractivity contribution in [2.24, 2.45) is 0 Å². The van der Waals surface area contributed by atoms with E-state index in [0.717, 1.165) is 44.6 Å². The highest BCUT2D eigenvalue weighted by atomic mass is 16.5. The van der Waals surface area contributed by atoms with Crippen molar-refractivity contribution in [1.29, 1.82) is 0 Å². The number of hydrogen-bond acceptors (Lipinski definition) is 3. The van der Waals surface area contributed by atoms with E-state index in [2.05, 4.69) is 12.1 Å². The normalized spacial score (nSPS) is 17.0. The van der Waals surface area contributed by atoms with Crippen LogP contribution in [0, 0.1) is 0 Å². The summed E-state index contributed by atoms with van der Waals surface area (Å²) < 4.78 is 11.2. The van der Waals surface area contributed by atoms with E-state index < -0.39 is 0 Å². The molecule has 1 heterocycles. The van der Waals surface area contributed by atoms with E-state index >= 15 is 0 Å². The molecule has 1 saturated heterocycles. The molecule has 0 bridgehead atoms. The zero-order valence-corrected chi connectivity index (χ0v) is 10.1. The van der Waals surface area contributed by atoms with Crippen molar-refractivity contribution in [3.63, 3.8) is 0 Å². The maximum Gasteiger partial charge on any atom is 0.119 e. The summed E-state index contributed by atoms with van der Waals surface area (Å²) in [5.74, 6) is 0.935. The molecule has 0 spiro atoms. The fourth-order valence-electron chi connectivity index (χ4n) is 2.00. The quantitative estimate of drug-likeness (QED) is 0.851. The number of benzene rings is 1. The van der Waals surface area contributed by atoms with Crippen molar-refractivity contribution in [3.8, 4) is 5.75 Å². The van der Waals surface area contributed by atoms with Crippen LogP contribution in [0.5, 0.6) is 5.75 Å². The van der Waals surface area contributed by atoms with Crippen LogP contribution in [0.1, 0.15) is 24.8 Å². The predicted octanol–water partition coefficient (Wildman–Crippen LogP) is 2.17. The van der Waals surface area contributed by atoms with Crippen LogP contribution >= 0.6 is 0 Å². The Bertz CT molecular complexity index is 315. The van der Waals surface area contributed by atoms with Crippen molar-refractivity contribution in [2.45, 2.75) is 31.8 Å². The number of aliphatic hydroxyl groups is 1. The van der Waals surface area contributed by atoms with Crippen LogP contribution < -0.4 is 4.74 Å². The van der Waals surface area contributed by atoms with Crippen LogP contribution in [-0.2, 0) is 11.2 Å². The number of aryl methyl sites for hydroxylation is 1. The van der Waals surface area contributed by atoms with Gasteiger partial charge in [-0.2, -0.15) is 0 Å². The van der Waals surface area contributed by atoms with Crippen molar-refractivity contribution >= 4 is 0 Å². The molecule has 1 N–H and O–H groups in total. The number of ether oxygens (including phenoxy) is 2. The summed E-state index contributed by atoms with van der Waals surface area (Å²) in [5, 5.41) is 8.76. The topological polar surface area (TPSA) is 38.7 Å². The minimum Gasteiger partial charge on any atom is -0.490 e. The molecule has 0 saturated carbocycles. The molecule has 0 radical (unpaired) electrons. The van der Waals surface area contributed by atoms with Gasteiger partial charge in [0.25, 0.3) is 0 Å². The van der Waals surface area contributed by atoms with Gasteiger partial charge in [0.1, 0.15) is 11.9 Å². The first-order valence-electron chi connectivity index (χ1n) is 6.32. The third-order valence-corrected chi connectivity index (χ3v) is 3.02. The van der Waals surface area contributed by atoms with Crippen molar-refractivity contribution in [1.82, 2.24) is 0 Å². The molecule has 0 amide bonds. The van der Waals surface area contributed by atoms with Gasteiger partial charge >= 0.3 is 0 Å². The lowest BCUT2D eigenvalue weighted by Gasteiger charge is -2.23. The van der Waals surface area contributed by atoms with Gasteiger partial charge in [-0.1, -0.05) is 12.1 Å². The Balaban J connectivity index is 1.84. The Morgan fingerprint density at radius 1 is 1.18 bits per heavy atom. The van der Waals surface area contributed by atoms with Gasteiger partial charge in [0.05, 0.1) is 13.2 Å². The summed E-state index contributed by atoms with van der Waals surface area (Å²) in [7, 11) is 0. The third-order valence-electron chi connectivity index (χ3n) is 3.02. The lowest BCUT2D eigenvalue weighted by molar-refractivity contribution is 0.0255. The second kappa shape index (κ2) is 6.62. The number of aliphatic hydroxyl groups excluding tert-OH is 1. The maximum atomic E-state index is 8.76. The molecule has 1 aliphatic heterocycles. The zero-order valence-electron chi connectivity index (χ0n) is 10.1. The Labute approximate surface area is 102 Å². The molecule has 0 atom stereocenters. The number of rotatable bonds is 5. The smallest absolute Gasteiger partial charge is 0.119 e. The largest absolute Gasteiger partial charge is 0.490 e. The van der Waals surface area contributed by atoms with Gasteiger partial charge in [-0.25, -0.2) is 0 Å². The predicted molar refractivity (Wildman–Crippen MR) is 66.3 cm³/mol. The standard InChI is InChI=1S/C14H20O3/c15-9-1-2-12-3-5-13(6-4-12)17-14-7-10-16-11-8-14/h3-6,14-15H,1-2,7-11H2. The van der Waals surface area contributed by atoms with Crippen LogP contribution in [0.25, 0.3) is 0 Å². The van der Waals surface area contributed by atoms with Gasteiger partial charge < -0.3 is 14.6 Å². The first-order valence-corrected chi connectivity index (χ1v) is 6.32. The lowest BCUT2D eigenvalue weighted by atomic mass is 10.1. The van der Waals surface area contributed by atoms with Crippen LogP contribution in [0.3, 0.4) is 0 Å². The highest BCUT2D eigenvalue weighted by molar-refractivity contribution is 5.27. The second-order valence-corrected chi connectivity index (χ2v) is 4.40. The van der Waals surface area contributed by atoms with Gasteiger partial charge in [0.2, 0.25) is 0 Å².